The molecule has 3 unspecified atom stereocenters. The highest BCUT2D eigenvalue weighted by Gasteiger charge is 2.43. The van der Waals surface area contributed by atoms with Crippen molar-refractivity contribution in [1.29, 1.82) is 0 Å². The highest BCUT2D eigenvalue weighted by Crippen LogP contribution is 2.46. The zero-order valence-corrected chi connectivity index (χ0v) is 11.0. The van der Waals surface area contributed by atoms with E-state index in [0.717, 1.165) is 18.4 Å². The Balaban J connectivity index is 2.03. The number of carbonyl (C=O) groups is 1. The number of rotatable bonds is 4. The van der Waals surface area contributed by atoms with Gasteiger partial charge in [-0.15, -0.1) is 0 Å². The van der Waals surface area contributed by atoms with Gasteiger partial charge in [0.05, 0.1) is 5.92 Å². The van der Waals surface area contributed by atoms with Crippen molar-refractivity contribution in [3.05, 3.63) is 33.8 Å². The molecular weight excluding hydrogens is 259 g/mol. The molecule has 1 fully saturated rings. The molecule has 1 aromatic carbocycles. The summed E-state index contributed by atoms with van der Waals surface area (Å²) >= 11 is 12.1. The number of halogens is 2. The molecule has 0 aliphatic heterocycles. The fourth-order valence-corrected chi connectivity index (χ4v) is 2.77. The molecule has 0 saturated heterocycles. The Morgan fingerprint density at radius 3 is 2.82 bits per heavy atom. The quantitative estimate of drug-likeness (QED) is 0.892. The zero-order valence-electron chi connectivity index (χ0n) is 9.49. The van der Waals surface area contributed by atoms with E-state index in [1.807, 2.05) is 6.07 Å². The number of hydrogen-bond donors (Lipinski definition) is 1. The van der Waals surface area contributed by atoms with Gasteiger partial charge in [0, 0.05) is 10.0 Å². The molecule has 0 bridgehead atoms. The van der Waals surface area contributed by atoms with Crippen LogP contribution in [0.4, 0.5) is 0 Å². The monoisotopic (exact) mass is 272 g/mol. The van der Waals surface area contributed by atoms with E-state index >= 15 is 0 Å². The molecule has 1 aromatic rings. The van der Waals surface area contributed by atoms with Crippen LogP contribution in [0.15, 0.2) is 18.2 Å². The molecule has 2 rings (SSSR count). The molecule has 1 saturated carbocycles. The molecule has 0 aromatic heterocycles. The average Bonchev–Trinajstić information content (AvgIpc) is 3.01. The molecule has 1 N–H and O–H groups in total. The summed E-state index contributed by atoms with van der Waals surface area (Å²) in [5, 5.41) is 10.2. The maximum Gasteiger partial charge on any atom is 0.306 e. The fraction of sp³-hybridized carbons (Fsp3) is 0.462. The molecule has 0 amide bonds. The van der Waals surface area contributed by atoms with E-state index in [1.54, 1.807) is 12.1 Å². The Bertz CT molecular complexity index is 445. The maximum atomic E-state index is 10.8. The lowest BCUT2D eigenvalue weighted by atomic mass is 9.95. The number of benzene rings is 1. The van der Waals surface area contributed by atoms with Crippen LogP contribution in [0.3, 0.4) is 0 Å². The molecule has 0 spiro atoms. The van der Waals surface area contributed by atoms with Crippen LogP contribution in [0.1, 0.15) is 31.2 Å². The second kappa shape index (κ2) is 4.87. The van der Waals surface area contributed by atoms with Gasteiger partial charge in [0.2, 0.25) is 0 Å². The Morgan fingerprint density at radius 1 is 1.53 bits per heavy atom. The van der Waals surface area contributed by atoms with Crippen LogP contribution < -0.4 is 0 Å². The molecule has 1 aliphatic carbocycles. The van der Waals surface area contributed by atoms with E-state index in [1.165, 1.54) is 0 Å². The minimum absolute atomic E-state index is 0.157. The minimum Gasteiger partial charge on any atom is -0.481 e. The third-order valence-corrected chi connectivity index (χ3v) is 3.96. The van der Waals surface area contributed by atoms with Gasteiger partial charge in [-0.05, 0) is 48.4 Å². The van der Waals surface area contributed by atoms with Gasteiger partial charge in [0.15, 0.2) is 0 Å². The summed E-state index contributed by atoms with van der Waals surface area (Å²) in [5.74, 6) is -0.303. The van der Waals surface area contributed by atoms with Crippen LogP contribution in [0.25, 0.3) is 0 Å². The lowest BCUT2D eigenvalue weighted by Gasteiger charge is -2.13. The summed E-state index contributed by atoms with van der Waals surface area (Å²) < 4.78 is 0. The van der Waals surface area contributed by atoms with Crippen LogP contribution in [0.5, 0.6) is 0 Å². The highest BCUT2D eigenvalue weighted by atomic mass is 35.5. The molecular formula is C13H14Cl2O2. The van der Waals surface area contributed by atoms with Crippen LogP contribution in [-0.2, 0) is 4.79 Å². The molecule has 0 heterocycles. The first kappa shape index (κ1) is 12.7. The molecule has 17 heavy (non-hydrogen) atoms. The minimum atomic E-state index is -0.681. The van der Waals surface area contributed by atoms with Gasteiger partial charge >= 0.3 is 5.97 Å². The van der Waals surface area contributed by atoms with E-state index in [4.69, 9.17) is 28.3 Å². The summed E-state index contributed by atoms with van der Waals surface area (Å²) in [6.07, 6.45) is 1.65. The first-order valence-corrected chi connectivity index (χ1v) is 6.42. The lowest BCUT2D eigenvalue weighted by molar-refractivity contribution is -0.138. The SMILES string of the molecule is CC(CC1CC1C(=O)O)c1cc(Cl)ccc1Cl. The van der Waals surface area contributed by atoms with Crippen molar-refractivity contribution in [3.63, 3.8) is 0 Å². The zero-order chi connectivity index (χ0) is 12.6. The summed E-state index contributed by atoms with van der Waals surface area (Å²) in [6.45, 7) is 2.06. The van der Waals surface area contributed by atoms with Crippen molar-refractivity contribution in [3.8, 4) is 0 Å². The number of hydrogen-bond acceptors (Lipinski definition) is 1. The van der Waals surface area contributed by atoms with E-state index in [2.05, 4.69) is 6.92 Å². The summed E-state index contributed by atoms with van der Waals surface area (Å²) in [7, 11) is 0. The Labute approximate surface area is 111 Å². The smallest absolute Gasteiger partial charge is 0.306 e. The van der Waals surface area contributed by atoms with E-state index in [0.29, 0.717) is 10.0 Å². The van der Waals surface area contributed by atoms with E-state index in [9.17, 15) is 4.79 Å². The van der Waals surface area contributed by atoms with Gasteiger partial charge in [0.1, 0.15) is 0 Å². The molecule has 92 valence electrons. The van der Waals surface area contributed by atoms with Gasteiger partial charge in [-0.2, -0.15) is 0 Å². The Hall–Kier alpha value is -0.730. The predicted octanol–water partition coefficient (Wildman–Crippen LogP) is 4.21. The fourth-order valence-electron chi connectivity index (χ4n) is 2.28. The molecule has 2 nitrogen and oxygen atoms in total. The second-order valence-electron chi connectivity index (χ2n) is 4.74. The Kier molecular flexibility index (Phi) is 3.64. The summed E-state index contributed by atoms with van der Waals surface area (Å²) in [6, 6.07) is 5.42. The first-order chi connectivity index (χ1) is 7.99. The molecule has 4 heteroatoms. The van der Waals surface area contributed by atoms with Crippen LogP contribution in [-0.4, -0.2) is 11.1 Å². The van der Waals surface area contributed by atoms with Crippen molar-refractivity contribution in [2.45, 2.75) is 25.7 Å². The maximum absolute atomic E-state index is 10.8. The average molecular weight is 273 g/mol. The predicted molar refractivity (Wildman–Crippen MR) is 68.7 cm³/mol. The normalized spacial score (nSPS) is 24.4. The number of aliphatic carboxylic acids is 1. The van der Waals surface area contributed by atoms with Crippen molar-refractivity contribution in [2.24, 2.45) is 11.8 Å². The first-order valence-electron chi connectivity index (χ1n) is 5.66. The number of carboxylic acids is 1. The van der Waals surface area contributed by atoms with Crippen LogP contribution >= 0.6 is 23.2 Å². The third kappa shape index (κ3) is 2.93. The van der Waals surface area contributed by atoms with Gasteiger partial charge in [-0.3, -0.25) is 4.79 Å². The largest absolute Gasteiger partial charge is 0.481 e. The lowest BCUT2D eigenvalue weighted by Crippen LogP contribution is -2.02. The molecule has 1 aliphatic rings. The van der Waals surface area contributed by atoms with Gasteiger partial charge in [-0.25, -0.2) is 0 Å². The number of carboxylic acid groups (broad SMARTS) is 1. The van der Waals surface area contributed by atoms with Crippen molar-refractivity contribution < 1.29 is 9.90 Å². The van der Waals surface area contributed by atoms with Gasteiger partial charge < -0.3 is 5.11 Å². The third-order valence-electron chi connectivity index (χ3n) is 3.39. The summed E-state index contributed by atoms with van der Waals surface area (Å²) in [5.41, 5.74) is 1.01. The van der Waals surface area contributed by atoms with E-state index < -0.39 is 5.97 Å². The second-order valence-corrected chi connectivity index (χ2v) is 5.59. The highest BCUT2D eigenvalue weighted by molar-refractivity contribution is 6.33. The van der Waals surface area contributed by atoms with Crippen LogP contribution in [0, 0.1) is 11.8 Å². The Morgan fingerprint density at radius 2 is 2.24 bits per heavy atom. The van der Waals surface area contributed by atoms with Crippen molar-refractivity contribution in [1.82, 2.24) is 0 Å². The summed E-state index contributed by atoms with van der Waals surface area (Å²) in [4.78, 5) is 10.8. The van der Waals surface area contributed by atoms with Crippen molar-refractivity contribution in [2.75, 3.05) is 0 Å². The van der Waals surface area contributed by atoms with Crippen molar-refractivity contribution >= 4 is 29.2 Å². The van der Waals surface area contributed by atoms with Gasteiger partial charge in [0.25, 0.3) is 0 Å². The standard InChI is InChI=1S/C13H14Cl2O2/c1-7(4-8-5-11(8)13(16)17)10-6-9(14)2-3-12(10)15/h2-3,6-8,11H,4-5H2,1H3,(H,16,17). The van der Waals surface area contributed by atoms with Gasteiger partial charge in [-0.1, -0.05) is 30.1 Å². The molecule has 3 atom stereocenters. The van der Waals surface area contributed by atoms with E-state index in [-0.39, 0.29) is 17.8 Å². The topological polar surface area (TPSA) is 37.3 Å². The van der Waals surface area contributed by atoms with Crippen LogP contribution in [0.2, 0.25) is 10.0 Å². The molecule has 0 radical (unpaired) electrons.